The van der Waals surface area contributed by atoms with Crippen molar-refractivity contribution in [2.24, 2.45) is 0 Å². The van der Waals surface area contributed by atoms with Crippen molar-refractivity contribution in [1.82, 2.24) is 39.5 Å². The van der Waals surface area contributed by atoms with Crippen molar-refractivity contribution < 1.29 is 29.0 Å². The second-order valence-corrected chi connectivity index (χ2v) is 33.6. The smallest absolute Gasteiger partial charge is 0.868 e. The summed E-state index contributed by atoms with van der Waals surface area (Å²) >= 11 is 0. The number of fused-ring (bicyclic) bond motifs is 14. The van der Waals surface area contributed by atoms with Gasteiger partial charge in [0, 0.05) is 56.2 Å². The summed E-state index contributed by atoms with van der Waals surface area (Å²) in [6, 6.07) is 160. The number of hydrogen-bond acceptors (Lipinski definition) is 14. The molecule has 19 heteroatoms. The number of nitriles is 4. The molecule has 25 rings (SSSR count). The first-order chi connectivity index (χ1) is 70.1. The Morgan fingerprint density at radius 1 is 0.285 bits per heavy atom. The Hall–Kier alpha value is -20.2. The van der Waals surface area contributed by atoms with Crippen LogP contribution in [0.15, 0.2) is 437 Å². The van der Waals surface area contributed by atoms with E-state index in [4.69, 9.17) is 18.1 Å². The minimum absolute atomic E-state index is 0. The Morgan fingerprint density at radius 2 is 0.632 bits per heavy atom. The van der Waals surface area contributed by atoms with Crippen molar-refractivity contribution in [2.75, 3.05) is 9.80 Å². The summed E-state index contributed by atoms with van der Waals surface area (Å²) in [6.07, 6.45) is 1.75. The molecule has 0 amide bonds. The number of hydrogen-bond donors (Lipinski definition) is 0. The van der Waals surface area contributed by atoms with Crippen LogP contribution < -0.4 is 38.8 Å². The van der Waals surface area contributed by atoms with E-state index in [9.17, 15) is 26.2 Å². The summed E-state index contributed by atoms with van der Waals surface area (Å²) in [4.78, 5) is 43.8. The van der Waals surface area contributed by atoms with E-state index in [1.54, 1.807) is 42.6 Å². The molecule has 668 valence electrons. The van der Waals surface area contributed by atoms with Gasteiger partial charge in [0.2, 0.25) is 16.6 Å². The Kier molecular flexibility index (Phi) is 25.6. The number of anilines is 6. The molecule has 144 heavy (non-hydrogen) atoms. The van der Waals surface area contributed by atoms with Crippen LogP contribution in [0.25, 0.3) is 191 Å². The molecule has 0 saturated carbocycles. The maximum Gasteiger partial charge on any atom is 1.00 e. The van der Waals surface area contributed by atoms with E-state index in [1.165, 1.54) is 104 Å². The Morgan fingerprint density at radius 3 is 1.10 bits per heavy atom. The molecule has 5 aromatic heterocycles. The number of pyridine rings is 1. The van der Waals surface area contributed by atoms with Crippen LogP contribution in [0.5, 0.6) is 5.75 Å². The molecule has 25 aromatic rings. The Balaban J connectivity index is 0.000000128. The molecule has 0 unspecified atom stereocenters. The quantitative estimate of drug-likeness (QED) is 0.0478. The van der Waals surface area contributed by atoms with Crippen molar-refractivity contribution in [3.63, 3.8) is 0 Å². The molecular formula is C125H77LiN17O+. The van der Waals surface area contributed by atoms with E-state index in [2.05, 4.69) is 459 Å². The number of imidazole rings is 1. The number of para-hydroxylation sites is 6. The van der Waals surface area contributed by atoms with Crippen LogP contribution in [0.4, 0.5) is 45.8 Å². The molecule has 0 spiro atoms. The molecule has 0 saturated heterocycles. The summed E-state index contributed by atoms with van der Waals surface area (Å²) in [5.41, 5.74) is 20.2. The van der Waals surface area contributed by atoms with E-state index in [0.29, 0.717) is 5.52 Å². The maximum atomic E-state index is 11.1. The van der Waals surface area contributed by atoms with Crippen molar-refractivity contribution in [3.05, 3.63) is 483 Å². The second-order valence-electron chi connectivity index (χ2n) is 33.6. The molecule has 0 aliphatic carbocycles. The molecule has 0 atom stereocenters. The van der Waals surface area contributed by atoms with Gasteiger partial charge in [0.1, 0.15) is 52.2 Å². The van der Waals surface area contributed by atoms with E-state index in [0.717, 1.165) is 73.2 Å². The van der Waals surface area contributed by atoms with Gasteiger partial charge in [-0.3, -0.25) is 4.57 Å². The average Bonchev–Trinajstić information content (AvgIpc) is 0.927. The summed E-state index contributed by atoms with van der Waals surface area (Å²) < 4.78 is 2.26. The van der Waals surface area contributed by atoms with Crippen LogP contribution in [0.3, 0.4) is 0 Å². The fourth-order valence-electron chi connectivity index (χ4n) is 18.8. The van der Waals surface area contributed by atoms with Gasteiger partial charge >= 0.3 is 18.9 Å². The number of aromatic amines is 1. The normalized spacial score (nSPS) is 10.8. The van der Waals surface area contributed by atoms with Crippen LogP contribution in [0, 0.1) is 58.5 Å². The minimum atomic E-state index is -0.301. The first-order valence-corrected chi connectivity index (χ1v) is 45.7. The molecule has 20 aromatic carbocycles. The summed E-state index contributed by atoms with van der Waals surface area (Å²) in [5, 5.41) is 64.1. The zero-order valence-corrected chi connectivity index (χ0v) is 76.6. The van der Waals surface area contributed by atoms with E-state index < -0.39 is 0 Å². The fraction of sp³-hybridized carbons (Fsp3) is 0.00800. The predicted molar refractivity (Wildman–Crippen MR) is 573 cm³/mol. The van der Waals surface area contributed by atoms with Crippen molar-refractivity contribution >= 4 is 165 Å². The van der Waals surface area contributed by atoms with E-state index in [-0.39, 0.29) is 99.5 Å². The molecule has 18 nitrogen and oxygen atoms in total. The summed E-state index contributed by atoms with van der Waals surface area (Å²) in [6.45, 7) is 14.5. The Labute approximate surface area is 840 Å². The Bertz CT molecular complexity index is 9070. The molecular weight excluding hydrogens is 1760 g/mol. The first kappa shape index (κ1) is 91.5. The molecule has 0 radical (unpaired) electrons. The third-order valence-electron chi connectivity index (χ3n) is 25.4. The molecule has 0 aliphatic rings. The molecule has 0 bridgehead atoms. The summed E-state index contributed by atoms with van der Waals surface area (Å²) in [5.74, 6) is 0.375. The molecule has 0 fully saturated rings. The van der Waals surface area contributed by atoms with Gasteiger partial charge < -0.3 is 24.6 Å². The van der Waals surface area contributed by atoms with Crippen LogP contribution in [0.1, 0.15) is 30.2 Å². The van der Waals surface area contributed by atoms with Crippen molar-refractivity contribution in [2.45, 2.75) is 7.43 Å². The van der Waals surface area contributed by atoms with E-state index in [1.807, 2.05) is 18.2 Å². The van der Waals surface area contributed by atoms with Gasteiger partial charge in [-0.2, -0.15) is 21.0 Å². The van der Waals surface area contributed by atoms with Gasteiger partial charge in [-0.05, 0) is 219 Å². The number of nitrogens with one attached hydrogen (secondary N) is 1. The van der Waals surface area contributed by atoms with Gasteiger partial charge in [0.05, 0.1) is 22.4 Å². The van der Waals surface area contributed by atoms with Gasteiger partial charge in [-0.15, -0.1) is 9.97 Å². The number of nitrogens with zero attached hydrogens (tertiary/aromatic N) is 16. The number of benzene rings is 20. The standard InChI is InChI=1S/C53H34N2.C44H32N2.C18N12.C9H7NO.CH4.Li/c1-2-16-44(17-3-1)55-50-21-11-10-20-49(50)54-53(55)38-26-22-37(23-27-38)41-30-31-47-48(34-41)52(43-29-25-36-13-5-7-15-40(36)33-43)46-19-9-8-18-45(46)51(47)42-28-24-35-12-4-6-14-39(35)32-42;1-3-17-37(18-4-1)45(43-23-11-15-35-13-7-9-21-41(35)43)39-29-25-33(26-30-39)34-27-31-40(32-28-34)46(38-19-5-2-6-20-38)44-24-12-16-36-14-8-10-22-42(36)44;1-23-17-18(24-2)30-16-14-12(26-8(4-20)10(6-22)28-14)11-13(15(16)29-17)27-9(5-21)7(3-19)25-11;11-8-5-1-3-7-4-2-6-10-9(7)8;;/h1-34H;1-32H;;1-6,11H;1H4;/q;;;;;+1. The zero-order valence-electron chi connectivity index (χ0n) is 76.6. The van der Waals surface area contributed by atoms with Crippen LogP contribution >= 0.6 is 0 Å². The van der Waals surface area contributed by atoms with Gasteiger partial charge in [-0.1, -0.05) is 330 Å². The van der Waals surface area contributed by atoms with Gasteiger partial charge in [0.15, 0.2) is 29.0 Å². The number of aromatic nitrogens is 9. The van der Waals surface area contributed by atoms with Gasteiger partial charge in [-0.25, -0.2) is 29.9 Å². The van der Waals surface area contributed by atoms with Crippen LogP contribution in [-0.4, -0.2) is 39.5 Å². The van der Waals surface area contributed by atoms with Crippen molar-refractivity contribution in [3.8, 4) is 91.6 Å². The van der Waals surface area contributed by atoms with Crippen LogP contribution in [-0.2, 0) is 0 Å². The second kappa shape index (κ2) is 40.2. The fourth-order valence-corrected chi connectivity index (χ4v) is 18.8. The first-order valence-electron chi connectivity index (χ1n) is 45.7. The molecule has 0 aliphatic heterocycles. The SMILES string of the molecule is C.[C-]#[N+]c1nc2c3nc(C#N)c(C#N)nc3c3nc(C#N)c(C#N)nc3c2nc1[N+]#[C-].[Li+].[O-]c1cccc2ccc[nH+]c12.c1ccc(-n2c(-c3ccc(-c4ccc5c(-c6ccc7ccccc7c6)c6ccccc6c(-c6ccc7ccccc7c6)c5c4)cc3)nc3ccccc32)cc1.c1ccc(N(c2ccc(-c3ccc(N(c4ccccc4)c4cccc5ccccc45)cc3)cc2)c2cccc3ccccc23)cc1. The molecule has 1 N–H and O–H groups in total. The van der Waals surface area contributed by atoms with Gasteiger partial charge in [0.25, 0.3) is 11.6 Å². The third-order valence-corrected chi connectivity index (χ3v) is 25.4. The average molecular weight is 1840 g/mol. The molecule has 5 heterocycles. The maximum absolute atomic E-state index is 11.1. The van der Waals surface area contributed by atoms with Crippen molar-refractivity contribution in [1.29, 1.82) is 21.0 Å². The van der Waals surface area contributed by atoms with E-state index >= 15 is 0 Å². The largest absolute Gasteiger partial charge is 1.00 e. The number of H-pyrrole nitrogens is 1. The number of rotatable bonds is 12. The third kappa shape index (κ3) is 17.4. The zero-order chi connectivity index (χ0) is 96.1. The monoisotopic (exact) mass is 1840 g/mol. The minimum Gasteiger partial charge on any atom is -0.868 e. The topological polar surface area (TPSA) is 243 Å². The predicted octanol–water partition coefficient (Wildman–Crippen LogP) is 27.4. The van der Waals surface area contributed by atoms with Crippen LogP contribution in [0.2, 0.25) is 0 Å². The summed E-state index contributed by atoms with van der Waals surface area (Å²) in [7, 11) is 0.